The highest BCUT2D eigenvalue weighted by atomic mass is 15.3. The average molecular weight is 353 g/mol. The Kier molecular flexibility index (Phi) is 4.51. The molecule has 0 radical (unpaired) electrons. The minimum atomic E-state index is -0.677. The molecule has 2 N–H and O–H groups in total. The summed E-state index contributed by atoms with van der Waals surface area (Å²) in [5.74, 6) is 0.517. The highest BCUT2D eigenvalue weighted by Gasteiger charge is 2.45. The van der Waals surface area contributed by atoms with Gasteiger partial charge in [-0.3, -0.25) is 0 Å². The third-order valence-electron chi connectivity index (χ3n) is 5.15. The van der Waals surface area contributed by atoms with Gasteiger partial charge in [0, 0.05) is 6.54 Å². The van der Waals surface area contributed by atoms with Crippen molar-refractivity contribution in [1.29, 1.82) is 0 Å². The van der Waals surface area contributed by atoms with Gasteiger partial charge in [0.1, 0.15) is 0 Å². The van der Waals surface area contributed by atoms with Gasteiger partial charge < -0.3 is 10.6 Å². The van der Waals surface area contributed by atoms with Gasteiger partial charge in [-0.2, -0.15) is 0 Å². The van der Waals surface area contributed by atoms with Crippen molar-refractivity contribution in [3.63, 3.8) is 0 Å². The molecule has 0 unspecified atom stereocenters. The molecule has 0 spiro atoms. The van der Waals surface area contributed by atoms with Crippen LogP contribution >= 0.6 is 0 Å². The van der Waals surface area contributed by atoms with Crippen LogP contribution in [0.15, 0.2) is 108 Å². The first-order valence-electron chi connectivity index (χ1n) is 9.19. The summed E-state index contributed by atoms with van der Waals surface area (Å²) in [5.41, 5.74) is 10.0. The molecule has 27 heavy (non-hydrogen) atoms. The molecule has 0 bridgehead atoms. The van der Waals surface area contributed by atoms with E-state index in [-0.39, 0.29) is 0 Å². The first-order valence-corrected chi connectivity index (χ1v) is 9.19. The third kappa shape index (κ3) is 3.02. The summed E-state index contributed by atoms with van der Waals surface area (Å²) in [4.78, 5) is 7.00. The van der Waals surface area contributed by atoms with Crippen LogP contribution in [0.1, 0.15) is 16.7 Å². The van der Waals surface area contributed by atoms with E-state index < -0.39 is 5.54 Å². The fraction of sp³-hybridized carbons (Fsp3) is 0.125. The summed E-state index contributed by atoms with van der Waals surface area (Å²) < 4.78 is 0. The Morgan fingerprint density at radius 1 is 0.778 bits per heavy atom. The molecule has 0 atom stereocenters. The molecule has 0 amide bonds. The normalized spacial score (nSPS) is 15.6. The van der Waals surface area contributed by atoms with Gasteiger partial charge in [-0.15, -0.1) is 0 Å². The van der Waals surface area contributed by atoms with Crippen molar-refractivity contribution in [3.8, 4) is 0 Å². The smallest absolute Gasteiger partial charge is 0.197 e. The van der Waals surface area contributed by atoms with Crippen molar-refractivity contribution in [2.24, 2.45) is 10.7 Å². The summed E-state index contributed by atoms with van der Waals surface area (Å²) in [6.07, 6.45) is 0.885. The number of hydrogen-bond acceptors (Lipinski definition) is 3. The second-order valence-electron chi connectivity index (χ2n) is 6.75. The van der Waals surface area contributed by atoms with E-state index in [0.717, 1.165) is 29.8 Å². The molecule has 3 heteroatoms. The number of guanidine groups is 1. The Hall–Kier alpha value is -3.33. The highest BCUT2D eigenvalue weighted by molar-refractivity contribution is 5.85. The quantitative estimate of drug-likeness (QED) is 0.742. The van der Waals surface area contributed by atoms with Crippen LogP contribution in [0.4, 0.5) is 0 Å². The molecule has 3 nitrogen and oxygen atoms in total. The molecule has 4 rings (SSSR count). The summed E-state index contributed by atoms with van der Waals surface area (Å²) in [6.45, 7) is 5.19. The summed E-state index contributed by atoms with van der Waals surface area (Å²) in [5, 5.41) is 0. The van der Waals surface area contributed by atoms with Crippen molar-refractivity contribution in [2.75, 3.05) is 6.54 Å². The average Bonchev–Trinajstić information content (AvgIpc) is 2.99. The SMILES string of the molecule is C=C1N(CCc2ccccc2)C(N)=NC1(c1ccccc1)c1ccccc1. The minimum Gasteiger partial charge on any atom is -0.369 e. The maximum atomic E-state index is 6.40. The van der Waals surface area contributed by atoms with Crippen molar-refractivity contribution in [1.82, 2.24) is 4.90 Å². The summed E-state index contributed by atoms with van der Waals surface area (Å²) in [6, 6.07) is 30.9. The zero-order valence-electron chi connectivity index (χ0n) is 15.3. The molecule has 134 valence electrons. The molecule has 1 aliphatic rings. The first-order chi connectivity index (χ1) is 13.2. The van der Waals surface area contributed by atoms with Crippen LogP contribution in [0.5, 0.6) is 0 Å². The van der Waals surface area contributed by atoms with Gasteiger partial charge in [-0.25, -0.2) is 4.99 Å². The van der Waals surface area contributed by atoms with Gasteiger partial charge >= 0.3 is 0 Å². The molecule has 0 fully saturated rings. The van der Waals surface area contributed by atoms with E-state index in [1.165, 1.54) is 5.56 Å². The van der Waals surface area contributed by atoms with E-state index in [1.54, 1.807) is 0 Å². The van der Waals surface area contributed by atoms with E-state index in [1.807, 2.05) is 47.4 Å². The zero-order valence-corrected chi connectivity index (χ0v) is 15.3. The number of hydrogen-bond donors (Lipinski definition) is 1. The van der Waals surface area contributed by atoms with E-state index in [9.17, 15) is 0 Å². The van der Waals surface area contributed by atoms with E-state index in [4.69, 9.17) is 10.7 Å². The van der Waals surface area contributed by atoms with Gasteiger partial charge in [0.05, 0.1) is 5.70 Å². The van der Waals surface area contributed by atoms with Gasteiger partial charge in [0.25, 0.3) is 0 Å². The van der Waals surface area contributed by atoms with Crippen molar-refractivity contribution >= 4 is 5.96 Å². The first kappa shape index (κ1) is 17.1. The predicted molar refractivity (Wildman–Crippen MR) is 111 cm³/mol. The number of rotatable bonds is 5. The van der Waals surface area contributed by atoms with Crippen LogP contribution < -0.4 is 5.73 Å². The van der Waals surface area contributed by atoms with E-state index >= 15 is 0 Å². The van der Waals surface area contributed by atoms with E-state index in [2.05, 4.69) is 55.1 Å². The van der Waals surface area contributed by atoms with Gasteiger partial charge in [-0.05, 0) is 23.1 Å². The molecular formula is C24H23N3. The number of nitrogens with two attached hydrogens (primary N) is 1. The molecule has 0 aromatic heterocycles. The minimum absolute atomic E-state index is 0.517. The lowest BCUT2D eigenvalue weighted by atomic mass is 9.81. The molecule has 3 aromatic carbocycles. The van der Waals surface area contributed by atoms with Crippen molar-refractivity contribution in [3.05, 3.63) is 120 Å². The van der Waals surface area contributed by atoms with Crippen LogP contribution in [0.3, 0.4) is 0 Å². The van der Waals surface area contributed by atoms with Crippen LogP contribution in [0, 0.1) is 0 Å². The molecule has 1 heterocycles. The number of aliphatic imine (C=N–C) groups is 1. The van der Waals surface area contributed by atoms with E-state index in [0.29, 0.717) is 5.96 Å². The lowest BCUT2D eigenvalue weighted by molar-refractivity contribution is 0.473. The Morgan fingerprint density at radius 3 is 1.78 bits per heavy atom. The Labute approximate surface area is 160 Å². The molecule has 0 saturated carbocycles. The maximum Gasteiger partial charge on any atom is 0.197 e. The second-order valence-corrected chi connectivity index (χ2v) is 6.75. The molecular weight excluding hydrogens is 330 g/mol. The molecule has 0 aliphatic carbocycles. The standard InChI is InChI=1S/C24H23N3/c1-19-24(21-13-7-3-8-14-21,22-15-9-4-10-16-22)26-23(25)27(19)18-17-20-11-5-2-6-12-20/h2-16H,1,17-18H2,(H2,25,26). The van der Waals surface area contributed by atoms with Crippen molar-refractivity contribution < 1.29 is 0 Å². The summed E-state index contributed by atoms with van der Waals surface area (Å²) >= 11 is 0. The maximum absolute atomic E-state index is 6.40. The fourth-order valence-corrected chi connectivity index (χ4v) is 3.75. The Bertz CT molecular complexity index is 907. The largest absolute Gasteiger partial charge is 0.369 e. The molecule has 0 saturated heterocycles. The Balaban J connectivity index is 1.72. The topological polar surface area (TPSA) is 41.6 Å². The molecule has 1 aliphatic heterocycles. The highest BCUT2D eigenvalue weighted by Crippen LogP contribution is 2.44. The second kappa shape index (κ2) is 7.12. The number of benzene rings is 3. The molecule has 3 aromatic rings. The predicted octanol–water partition coefficient (Wildman–Crippen LogP) is 4.32. The third-order valence-corrected chi connectivity index (χ3v) is 5.15. The lowest BCUT2D eigenvalue weighted by Crippen LogP contribution is -2.36. The van der Waals surface area contributed by atoms with Crippen LogP contribution in [-0.4, -0.2) is 17.4 Å². The zero-order chi connectivity index (χ0) is 18.7. The fourth-order valence-electron chi connectivity index (χ4n) is 3.75. The van der Waals surface area contributed by atoms with Crippen LogP contribution in [-0.2, 0) is 12.0 Å². The number of nitrogens with zero attached hydrogens (tertiary/aromatic N) is 2. The summed E-state index contributed by atoms with van der Waals surface area (Å²) in [7, 11) is 0. The Morgan fingerprint density at radius 2 is 1.26 bits per heavy atom. The lowest BCUT2D eigenvalue weighted by Gasteiger charge is -2.31. The van der Waals surface area contributed by atoms with Gasteiger partial charge in [-0.1, -0.05) is 97.6 Å². The van der Waals surface area contributed by atoms with Crippen molar-refractivity contribution in [2.45, 2.75) is 12.0 Å². The van der Waals surface area contributed by atoms with Gasteiger partial charge in [0.2, 0.25) is 0 Å². The monoisotopic (exact) mass is 353 g/mol. The van der Waals surface area contributed by atoms with Crippen LogP contribution in [0.2, 0.25) is 0 Å². The van der Waals surface area contributed by atoms with Gasteiger partial charge in [0.15, 0.2) is 11.5 Å². The van der Waals surface area contributed by atoms with Crippen LogP contribution in [0.25, 0.3) is 0 Å².